The van der Waals surface area contributed by atoms with Crippen molar-refractivity contribution in [2.45, 2.75) is 39.0 Å². The van der Waals surface area contributed by atoms with Gasteiger partial charge in [0.2, 0.25) is 10.0 Å². The van der Waals surface area contributed by atoms with Crippen molar-refractivity contribution in [1.29, 1.82) is 0 Å². The van der Waals surface area contributed by atoms with Gasteiger partial charge < -0.3 is 4.74 Å². The number of sulfonamides is 1. The third-order valence-electron chi connectivity index (χ3n) is 2.64. The molecule has 90 valence electrons. The SMILES string of the molecule is CC(C)NS(=O)(=O)C1[C@H](C)COC[C@H]1C. The van der Waals surface area contributed by atoms with E-state index in [0.29, 0.717) is 13.2 Å². The first kappa shape index (κ1) is 12.9. The zero-order valence-corrected chi connectivity index (χ0v) is 10.7. The highest BCUT2D eigenvalue weighted by Gasteiger charge is 2.38. The fourth-order valence-electron chi connectivity index (χ4n) is 2.21. The lowest BCUT2D eigenvalue weighted by Gasteiger charge is -2.34. The van der Waals surface area contributed by atoms with Crippen LogP contribution in [0, 0.1) is 11.8 Å². The van der Waals surface area contributed by atoms with E-state index in [4.69, 9.17) is 4.74 Å². The lowest BCUT2D eigenvalue weighted by atomic mass is 9.95. The Morgan fingerprint density at radius 2 is 1.67 bits per heavy atom. The monoisotopic (exact) mass is 235 g/mol. The average molecular weight is 235 g/mol. The molecule has 1 aliphatic heterocycles. The maximum absolute atomic E-state index is 12.1. The largest absolute Gasteiger partial charge is 0.381 e. The van der Waals surface area contributed by atoms with Gasteiger partial charge in [0.25, 0.3) is 0 Å². The van der Waals surface area contributed by atoms with Crippen LogP contribution in [-0.4, -0.2) is 32.9 Å². The first-order chi connectivity index (χ1) is 6.84. The van der Waals surface area contributed by atoms with Crippen molar-refractivity contribution in [3.8, 4) is 0 Å². The van der Waals surface area contributed by atoms with Crippen LogP contribution in [0.15, 0.2) is 0 Å². The Morgan fingerprint density at radius 1 is 1.20 bits per heavy atom. The highest BCUT2D eigenvalue weighted by Crippen LogP contribution is 2.26. The van der Waals surface area contributed by atoms with Gasteiger partial charge in [0.1, 0.15) is 0 Å². The van der Waals surface area contributed by atoms with Gasteiger partial charge in [-0.25, -0.2) is 13.1 Å². The molecule has 1 rings (SSSR count). The van der Waals surface area contributed by atoms with Crippen LogP contribution < -0.4 is 4.72 Å². The standard InChI is InChI=1S/C10H21NO3S/c1-7(2)11-15(12,13)10-8(3)5-14-6-9(10)4/h7-11H,5-6H2,1-4H3/t8-,9-/m1/s1. The van der Waals surface area contributed by atoms with Gasteiger partial charge in [-0.1, -0.05) is 13.8 Å². The third kappa shape index (κ3) is 3.16. The van der Waals surface area contributed by atoms with Gasteiger partial charge in [0, 0.05) is 6.04 Å². The summed E-state index contributed by atoms with van der Waals surface area (Å²) in [6.07, 6.45) is 0. The number of nitrogens with one attached hydrogen (secondary N) is 1. The van der Waals surface area contributed by atoms with E-state index in [2.05, 4.69) is 4.72 Å². The zero-order chi connectivity index (χ0) is 11.6. The smallest absolute Gasteiger partial charge is 0.215 e. The lowest BCUT2D eigenvalue weighted by Crippen LogP contribution is -2.49. The highest BCUT2D eigenvalue weighted by atomic mass is 32.2. The number of rotatable bonds is 3. The molecular weight excluding hydrogens is 214 g/mol. The molecule has 15 heavy (non-hydrogen) atoms. The topological polar surface area (TPSA) is 55.4 Å². The average Bonchev–Trinajstić information content (AvgIpc) is 1.99. The maximum atomic E-state index is 12.1. The maximum Gasteiger partial charge on any atom is 0.215 e. The van der Waals surface area contributed by atoms with Crippen LogP contribution in [0.3, 0.4) is 0 Å². The summed E-state index contributed by atoms with van der Waals surface area (Å²) in [5.41, 5.74) is 0. The molecule has 1 saturated heterocycles. The van der Waals surface area contributed by atoms with Crippen LogP contribution in [0.1, 0.15) is 27.7 Å². The minimum atomic E-state index is -3.21. The Hall–Kier alpha value is -0.130. The van der Waals surface area contributed by atoms with E-state index in [1.54, 1.807) is 0 Å². The highest BCUT2D eigenvalue weighted by molar-refractivity contribution is 7.90. The van der Waals surface area contributed by atoms with Gasteiger partial charge in [0.05, 0.1) is 18.5 Å². The minimum Gasteiger partial charge on any atom is -0.381 e. The molecule has 0 aromatic rings. The number of hydrogen-bond acceptors (Lipinski definition) is 3. The molecule has 0 spiro atoms. The second kappa shape index (κ2) is 4.80. The molecule has 0 aromatic carbocycles. The van der Waals surface area contributed by atoms with Gasteiger partial charge in [-0.05, 0) is 25.7 Å². The van der Waals surface area contributed by atoms with E-state index in [-0.39, 0.29) is 23.1 Å². The van der Waals surface area contributed by atoms with Crippen LogP contribution in [0.5, 0.6) is 0 Å². The second-order valence-electron chi connectivity index (χ2n) is 4.77. The van der Waals surface area contributed by atoms with Gasteiger partial charge in [-0.15, -0.1) is 0 Å². The van der Waals surface area contributed by atoms with Crippen LogP contribution >= 0.6 is 0 Å². The van der Waals surface area contributed by atoms with E-state index in [9.17, 15) is 8.42 Å². The molecule has 1 fully saturated rings. The van der Waals surface area contributed by atoms with Gasteiger partial charge in [-0.2, -0.15) is 0 Å². The molecule has 1 heterocycles. The molecule has 0 amide bonds. The Bertz CT molecular complexity index is 290. The molecule has 5 heteroatoms. The third-order valence-corrected chi connectivity index (χ3v) is 5.09. The van der Waals surface area contributed by atoms with Crippen molar-refractivity contribution in [2.75, 3.05) is 13.2 Å². The molecule has 0 aliphatic carbocycles. The fraction of sp³-hybridized carbons (Fsp3) is 1.00. The number of ether oxygens (including phenoxy) is 1. The normalized spacial score (nSPS) is 29.7. The van der Waals surface area contributed by atoms with E-state index in [1.807, 2.05) is 27.7 Å². The van der Waals surface area contributed by atoms with Crippen LogP contribution in [0.25, 0.3) is 0 Å². The van der Waals surface area contributed by atoms with Crippen molar-refractivity contribution in [3.63, 3.8) is 0 Å². The molecule has 0 saturated carbocycles. The second-order valence-corrected chi connectivity index (χ2v) is 6.64. The lowest BCUT2D eigenvalue weighted by molar-refractivity contribution is 0.0299. The van der Waals surface area contributed by atoms with E-state index < -0.39 is 10.0 Å². The minimum absolute atomic E-state index is 0.0442. The molecule has 0 radical (unpaired) electrons. The Labute approximate surface area is 92.4 Å². The zero-order valence-electron chi connectivity index (χ0n) is 9.86. The Kier molecular flexibility index (Phi) is 4.14. The summed E-state index contributed by atoms with van der Waals surface area (Å²) in [7, 11) is -3.21. The summed E-state index contributed by atoms with van der Waals surface area (Å²) < 4.78 is 32.1. The summed E-state index contributed by atoms with van der Waals surface area (Å²) in [6.45, 7) is 8.61. The molecular formula is C10H21NO3S. The molecule has 1 aliphatic rings. The molecule has 2 atom stereocenters. The summed E-state index contributed by atoms with van der Waals surface area (Å²) in [5, 5.41) is -0.325. The van der Waals surface area contributed by atoms with E-state index in [0.717, 1.165) is 0 Å². The first-order valence-corrected chi connectivity index (χ1v) is 6.98. The summed E-state index contributed by atoms with van der Waals surface area (Å²) in [6, 6.07) is -0.0442. The Morgan fingerprint density at radius 3 is 2.07 bits per heavy atom. The molecule has 0 aromatic heterocycles. The first-order valence-electron chi connectivity index (χ1n) is 5.43. The van der Waals surface area contributed by atoms with Gasteiger partial charge >= 0.3 is 0 Å². The van der Waals surface area contributed by atoms with Crippen LogP contribution in [0.4, 0.5) is 0 Å². The molecule has 4 nitrogen and oxygen atoms in total. The van der Waals surface area contributed by atoms with Crippen molar-refractivity contribution >= 4 is 10.0 Å². The molecule has 0 bridgehead atoms. The predicted molar refractivity (Wildman–Crippen MR) is 60.1 cm³/mol. The van der Waals surface area contributed by atoms with E-state index >= 15 is 0 Å². The van der Waals surface area contributed by atoms with Gasteiger partial charge in [-0.3, -0.25) is 0 Å². The van der Waals surface area contributed by atoms with Crippen molar-refractivity contribution in [2.24, 2.45) is 11.8 Å². The van der Waals surface area contributed by atoms with Crippen LogP contribution in [-0.2, 0) is 14.8 Å². The molecule has 1 N–H and O–H groups in total. The van der Waals surface area contributed by atoms with Crippen molar-refractivity contribution in [1.82, 2.24) is 4.72 Å². The Balaban J connectivity index is 2.83. The molecule has 0 unspecified atom stereocenters. The summed E-state index contributed by atoms with van der Waals surface area (Å²) in [5.74, 6) is 0.120. The number of hydrogen-bond donors (Lipinski definition) is 1. The van der Waals surface area contributed by atoms with Crippen molar-refractivity contribution in [3.05, 3.63) is 0 Å². The van der Waals surface area contributed by atoms with Gasteiger partial charge in [0.15, 0.2) is 0 Å². The summed E-state index contributed by atoms with van der Waals surface area (Å²) >= 11 is 0. The van der Waals surface area contributed by atoms with Crippen LogP contribution in [0.2, 0.25) is 0 Å². The summed E-state index contributed by atoms with van der Waals surface area (Å²) in [4.78, 5) is 0. The predicted octanol–water partition coefficient (Wildman–Crippen LogP) is 0.985. The fourth-order valence-corrected chi connectivity index (χ4v) is 4.40. The quantitative estimate of drug-likeness (QED) is 0.793. The van der Waals surface area contributed by atoms with E-state index in [1.165, 1.54) is 0 Å². The van der Waals surface area contributed by atoms with Crippen molar-refractivity contribution < 1.29 is 13.2 Å².